The summed E-state index contributed by atoms with van der Waals surface area (Å²) in [4.78, 5) is 20.6. The SMILES string of the molecule is O=C1C=CC(=O)C=C1.[Fe]. The van der Waals surface area contributed by atoms with Crippen molar-refractivity contribution in [3.05, 3.63) is 24.3 Å². The van der Waals surface area contributed by atoms with Gasteiger partial charge in [0.2, 0.25) is 0 Å². The third kappa shape index (κ3) is 2.40. The molecule has 0 saturated carbocycles. The molecule has 0 aromatic rings. The van der Waals surface area contributed by atoms with E-state index in [0.717, 1.165) is 0 Å². The predicted octanol–water partition coefficient (Wildman–Crippen LogP) is 0.248. The molecule has 0 aromatic heterocycles. The van der Waals surface area contributed by atoms with Crippen LogP contribution in [0.15, 0.2) is 24.3 Å². The largest absolute Gasteiger partial charge is 0.290 e. The van der Waals surface area contributed by atoms with Gasteiger partial charge in [-0.05, 0) is 24.3 Å². The van der Waals surface area contributed by atoms with Crippen LogP contribution < -0.4 is 0 Å². The summed E-state index contributed by atoms with van der Waals surface area (Å²) in [5.74, 6) is -0.241. The molecule has 0 unspecified atom stereocenters. The van der Waals surface area contributed by atoms with Crippen LogP contribution >= 0.6 is 0 Å². The molecule has 0 amide bonds. The van der Waals surface area contributed by atoms with Crippen LogP contribution in [0.25, 0.3) is 0 Å². The number of carbonyl (C=O) groups is 2. The van der Waals surface area contributed by atoms with Crippen LogP contribution in [0.1, 0.15) is 0 Å². The van der Waals surface area contributed by atoms with E-state index in [9.17, 15) is 9.59 Å². The van der Waals surface area contributed by atoms with Gasteiger partial charge in [-0.2, -0.15) is 0 Å². The number of rotatable bonds is 0. The summed E-state index contributed by atoms with van der Waals surface area (Å²) in [7, 11) is 0. The topological polar surface area (TPSA) is 34.1 Å². The molecule has 0 N–H and O–H groups in total. The molecule has 0 spiro atoms. The molecule has 0 aliphatic heterocycles. The quantitative estimate of drug-likeness (QED) is 0.379. The van der Waals surface area contributed by atoms with Crippen molar-refractivity contribution in [2.75, 3.05) is 0 Å². The molecule has 48 valence electrons. The zero-order chi connectivity index (χ0) is 5.98. The second-order valence-electron chi connectivity index (χ2n) is 1.47. The third-order valence-electron chi connectivity index (χ3n) is 0.824. The Morgan fingerprint density at radius 2 is 1.00 bits per heavy atom. The molecule has 0 saturated heterocycles. The van der Waals surface area contributed by atoms with E-state index < -0.39 is 0 Å². The van der Waals surface area contributed by atoms with E-state index in [-0.39, 0.29) is 28.6 Å². The van der Waals surface area contributed by atoms with Gasteiger partial charge in [0.25, 0.3) is 0 Å². The Bertz CT molecular complexity index is 153. The molecule has 0 bridgehead atoms. The maximum atomic E-state index is 10.3. The standard InChI is InChI=1S/C6H4O2.Fe/c7-5-1-2-6(8)4-3-5;/h1-4H;. The van der Waals surface area contributed by atoms with E-state index in [1.54, 1.807) is 0 Å². The Kier molecular flexibility index (Phi) is 3.13. The van der Waals surface area contributed by atoms with Crippen LogP contribution in [0.3, 0.4) is 0 Å². The minimum atomic E-state index is -0.121. The van der Waals surface area contributed by atoms with Crippen molar-refractivity contribution in [1.82, 2.24) is 0 Å². The molecule has 0 heterocycles. The summed E-state index contributed by atoms with van der Waals surface area (Å²) in [5, 5.41) is 0. The number of hydrogen-bond donors (Lipinski definition) is 0. The van der Waals surface area contributed by atoms with Gasteiger partial charge >= 0.3 is 0 Å². The molecular weight excluding hydrogens is 160 g/mol. The van der Waals surface area contributed by atoms with Crippen LogP contribution in [0.2, 0.25) is 0 Å². The smallest absolute Gasteiger partial charge is 0.178 e. The van der Waals surface area contributed by atoms with E-state index in [4.69, 9.17) is 0 Å². The minimum Gasteiger partial charge on any atom is -0.290 e. The Balaban J connectivity index is 0.000000640. The van der Waals surface area contributed by atoms with Crippen molar-refractivity contribution in [2.45, 2.75) is 0 Å². The second kappa shape index (κ2) is 3.38. The monoisotopic (exact) mass is 164 g/mol. The Labute approximate surface area is 63.1 Å². The van der Waals surface area contributed by atoms with Crippen molar-refractivity contribution in [2.24, 2.45) is 0 Å². The zero-order valence-corrected chi connectivity index (χ0v) is 5.58. The second-order valence-corrected chi connectivity index (χ2v) is 1.47. The fourth-order valence-corrected chi connectivity index (χ4v) is 0.440. The van der Waals surface area contributed by atoms with Gasteiger partial charge in [0, 0.05) is 17.1 Å². The van der Waals surface area contributed by atoms with Gasteiger partial charge in [0.1, 0.15) is 0 Å². The molecule has 0 radical (unpaired) electrons. The fraction of sp³-hybridized carbons (Fsp3) is 0. The Hall–Kier alpha value is -0.661. The summed E-state index contributed by atoms with van der Waals surface area (Å²) in [6.45, 7) is 0. The normalized spacial score (nSPS) is 15.6. The van der Waals surface area contributed by atoms with Crippen molar-refractivity contribution in [3.63, 3.8) is 0 Å². The van der Waals surface area contributed by atoms with Gasteiger partial charge < -0.3 is 0 Å². The first-order valence-corrected chi connectivity index (χ1v) is 2.23. The number of hydrogen-bond acceptors (Lipinski definition) is 2. The van der Waals surface area contributed by atoms with Crippen LogP contribution in [0, 0.1) is 0 Å². The summed E-state index contributed by atoms with van der Waals surface area (Å²) >= 11 is 0. The van der Waals surface area contributed by atoms with Gasteiger partial charge in [-0.1, -0.05) is 0 Å². The van der Waals surface area contributed by atoms with Crippen molar-refractivity contribution in [1.29, 1.82) is 0 Å². The Morgan fingerprint density at radius 3 is 1.22 bits per heavy atom. The molecule has 0 fully saturated rings. The van der Waals surface area contributed by atoms with Gasteiger partial charge in [-0.15, -0.1) is 0 Å². The predicted molar refractivity (Wildman–Crippen MR) is 28.3 cm³/mol. The average Bonchev–Trinajstić information content (AvgIpc) is 1.77. The number of allylic oxidation sites excluding steroid dienone is 4. The third-order valence-corrected chi connectivity index (χ3v) is 0.824. The van der Waals surface area contributed by atoms with E-state index in [1.807, 2.05) is 0 Å². The van der Waals surface area contributed by atoms with E-state index in [2.05, 4.69) is 0 Å². The molecule has 1 rings (SSSR count). The molecule has 0 atom stereocenters. The van der Waals surface area contributed by atoms with E-state index in [1.165, 1.54) is 24.3 Å². The maximum absolute atomic E-state index is 10.3. The van der Waals surface area contributed by atoms with Gasteiger partial charge in [0.15, 0.2) is 11.6 Å². The van der Waals surface area contributed by atoms with Crippen LogP contribution in [0.4, 0.5) is 0 Å². The first-order chi connectivity index (χ1) is 3.79. The van der Waals surface area contributed by atoms with Gasteiger partial charge in [-0.25, -0.2) is 0 Å². The molecular formula is C6H4FeO2. The van der Waals surface area contributed by atoms with Crippen molar-refractivity contribution < 1.29 is 26.7 Å². The summed E-state index contributed by atoms with van der Waals surface area (Å²) < 4.78 is 0. The number of carbonyl (C=O) groups excluding carboxylic acids is 2. The van der Waals surface area contributed by atoms with Gasteiger partial charge in [0.05, 0.1) is 0 Å². The molecule has 0 aromatic carbocycles. The zero-order valence-electron chi connectivity index (χ0n) is 4.48. The van der Waals surface area contributed by atoms with Crippen LogP contribution in [-0.2, 0) is 26.7 Å². The summed E-state index contributed by atoms with van der Waals surface area (Å²) in [6.07, 6.45) is 5.01. The van der Waals surface area contributed by atoms with Crippen LogP contribution in [0.5, 0.6) is 0 Å². The molecule has 1 aliphatic carbocycles. The molecule has 9 heavy (non-hydrogen) atoms. The van der Waals surface area contributed by atoms with Crippen molar-refractivity contribution >= 4 is 11.6 Å². The molecule has 2 nitrogen and oxygen atoms in total. The first-order valence-electron chi connectivity index (χ1n) is 2.23. The molecule has 1 aliphatic rings. The average molecular weight is 164 g/mol. The van der Waals surface area contributed by atoms with Gasteiger partial charge in [-0.3, -0.25) is 9.59 Å². The van der Waals surface area contributed by atoms with Crippen molar-refractivity contribution in [3.8, 4) is 0 Å². The number of ketones is 2. The molecule has 3 heteroatoms. The minimum absolute atomic E-state index is 0. The van der Waals surface area contributed by atoms with E-state index in [0.29, 0.717) is 0 Å². The maximum Gasteiger partial charge on any atom is 0.178 e. The fourth-order valence-electron chi connectivity index (χ4n) is 0.440. The Morgan fingerprint density at radius 1 is 0.778 bits per heavy atom. The van der Waals surface area contributed by atoms with E-state index >= 15 is 0 Å². The summed E-state index contributed by atoms with van der Waals surface area (Å²) in [5.41, 5.74) is 0. The van der Waals surface area contributed by atoms with Crippen LogP contribution in [-0.4, -0.2) is 11.6 Å². The summed E-state index contributed by atoms with van der Waals surface area (Å²) in [6, 6.07) is 0. The first kappa shape index (κ1) is 8.34.